The van der Waals surface area contributed by atoms with Gasteiger partial charge < -0.3 is 15.0 Å². The van der Waals surface area contributed by atoms with Crippen LogP contribution in [0.5, 0.6) is 5.75 Å². The van der Waals surface area contributed by atoms with E-state index >= 15 is 0 Å². The molecule has 0 bridgehead atoms. The van der Waals surface area contributed by atoms with Crippen LogP contribution in [0.1, 0.15) is 46.1 Å². The lowest BCUT2D eigenvalue weighted by Crippen LogP contribution is -2.30. The Bertz CT molecular complexity index is 689. The summed E-state index contributed by atoms with van der Waals surface area (Å²) in [6.45, 7) is 12.2. The maximum Gasteiger partial charge on any atom is 0.265 e. The zero-order chi connectivity index (χ0) is 19.1. The van der Waals surface area contributed by atoms with Gasteiger partial charge in [0, 0.05) is 24.5 Å². The van der Waals surface area contributed by atoms with Crippen molar-refractivity contribution in [2.45, 2.75) is 46.6 Å². The molecule has 2 rings (SSSR count). The molecular formula is C22H30N2O2. The van der Waals surface area contributed by atoms with Gasteiger partial charge in [0.1, 0.15) is 5.75 Å². The van der Waals surface area contributed by atoms with Crippen LogP contribution in [0.25, 0.3) is 0 Å². The van der Waals surface area contributed by atoms with Crippen LogP contribution in [-0.4, -0.2) is 25.1 Å². The van der Waals surface area contributed by atoms with E-state index in [1.54, 1.807) is 6.92 Å². The summed E-state index contributed by atoms with van der Waals surface area (Å²) in [5, 5.41) is 2.91. The topological polar surface area (TPSA) is 41.6 Å². The molecule has 26 heavy (non-hydrogen) atoms. The van der Waals surface area contributed by atoms with Gasteiger partial charge in [-0.1, -0.05) is 26.0 Å². The highest BCUT2D eigenvalue weighted by molar-refractivity contribution is 5.94. The number of anilines is 2. The Balaban J connectivity index is 1.94. The Morgan fingerprint density at radius 3 is 2.04 bits per heavy atom. The smallest absolute Gasteiger partial charge is 0.265 e. The summed E-state index contributed by atoms with van der Waals surface area (Å²) in [6, 6.07) is 15.8. The van der Waals surface area contributed by atoms with Gasteiger partial charge >= 0.3 is 0 Å². The van der Waals surface area contributed by atoms with E-state index in [0.29, 0.717) is 11.7 Å². The molecular weight excluding hydrogens is 324 g/mol. The van der Waals surface area contributed by atoms with Crippen molar-refractivity contribution in [1.29, 1.82) is 0 Å². The normalized spacial score (nSPS) is 11.9. The molecule has 4 heteroatoms. The largest absolute Gasteiger partial charge is 0.481 e. The molecule has 0 aliphatic heterocycles. The molecule has 0 radical (unpaired) electrons. The second kappa shape index (κ2) is 9.27. The number of hydrogen-bond acceptors (Lipinski definition) is 3. The van der Waals surface area contributed by atoms with Crippen LogP contribution >= 0.6 is 0 Å². The van der Waals surface area contributed by atoms with Crippen LogP contribution in [0, 0.1) is 0 Å². The number of carbonyl (C=O) groups excluding carboxylic acids is 1. The fraction of sp³-hybridized carbons (Fsp3) is 0.409. The van der Waals surface area contributed by atoms with Gasteiger partial charge in [-0.2, -0.15) is 0 Å². The molecule has 140 valence electrons. The molecule has 0 aromatic heterocycles. The molecule has 1 N–H and O–H groups in total. The fourth-order valence-corrected chi connectivity index (χ4v) is 2.78. The van der Waals surface area contributed by atoms with E-state index in [1.807, 2.05) is 48.5 Å². The Kier molecular flexibility index (Phi) is 7.07. The first kappa shape index (κ1) is 19.8. The maximum atomic E-state index is 12.4. The summed E-state index contributed by atoms with van der Waals surface area (Å²) in [6.07, 6.45) is -0.567. The lowest BCUT2D eigenvalue weighted by molar-refractivity contribution is -0.122. The lowest BCUT2D eigenvalue weighted by Gasteiger charge is -2.21. The van der Waals surface area contributed by atoms with E-state index < -0.39 is 6.10 Å². The predicted octanol–water partition coefficient (Wildman–Crippen LogP) is 5.06. The van der Waals surface area contributed by atoms with Gasteiger partial charge in [-0.15, -0.1) is 0 Å². The number of rotatable bonds is 8. The van der Waals surface area contributed by atoms with E-state index in [9.17, 15) is 4.79 Å². The van der Waals surface area contributed by atoms with Crippen molar-refractivity contribution in [2.75, 3.05) is 23.3 Å². The summed E-state index contributed by atoms with van der Waals surface area (Å²) in [5.41, 5.74) is 3.18. The van der Waals surface area contributed by atoms with Crippen molar-refractivity contribution in [1.82, 2.24) is 0 Å². The molecule has 0 heterocycles. The second-order valence-corrected chi connectivity index (χ2v) is 6.69. The minimum Gasteiger partial charge on any atom is -0.481 e. The monoisotopic (exact) mass is 354 g/mol. The number of ether oxygens (including phenoxy) is 1. The first-order chi connectivity index (χ1) is 12.4. The molecule has 2 aromatic carbocycles. The highest BCUT2D eigenvalue weighted by Gasteiger charge is 2.15. The zero-order valence-corrected chi connectivity index (χ0v) is 16.5. The quantitative estimate of drug-likeness (QED) is 0.720. The molecule has 0 fully saturated rings. The minimum atomic E-state index is -0.567. The Morgan fingerprint density at radius 1 is 0.962 bits per heavy atom. The Hall–Kier alpha value is -2.49. The fourth-order valence-electron chi connectivity index (χ4n) is 2.78. The highest BCUT2D eigenvalue weighted by atomic mass is 16.5. The van der Waals surface area contributed by atoms with E-state index in [0.717, 1.165) is 24.5 Å². The second-order valence-electron chi connectivity index (χ2n) is 6.69. The summed E-state index contributed by atoms with van der Waals surface area (Å²) in [7, 11) is 0. The van der Waals surface area contributed by atoms with E-state index in [1.165, 1.54) is 5.56 Å². The average Bonchev–Trinajstić information content (AvgIpc) is 2.64. The number of amides is 1. The number of nitrogens with zero attached hydrogens (tertiary/aromatic N) is 1. The molecule has 0 saturated heterocycles. The molecule has 2 aromatic rings. The minimum absolute atomic E-state index is 0.159. The number of carbonyl (C=O) groups is 1. The van der Waals surface area contributed by atoms with Gasteiger partial charge in [0.05, 0.1) is 0 Å². The first-order valence-electron chi connectivity index (χ1n) is 9.37. The third-order valence-corrected chi connectivity index (χ3v) is 4.49. The van der Waals surface area contributed by atoms with Crippen molar-refractivity contribution < 1.29 is 9.53 Å². The molecule has 0 aliphatic carbocycles. The van der Waals surface area contributed by atoms with E-state index in [2.05, 4.69) is 37.9 Å². The van der Waals surface area contributed by atoms with E-state index in [-0.39, 0.29) is 5.91 Å². The molecule has 1 amide bonds. The van der Waals surface area contributed by atoms with Crippen LogP contribution in [-0.2, 0) is 4.79 Å². The lowest BCUT2D eigenvalue weighted by atomic mass is 10.0. The van der Waals surface area contributed by atoms with Gasteiger partial charge in [-0.05, 0) is 68.7 Å². The van der Waals surface area contributed by atoms with Gasteiger partial charge in [0.15, 0.2) is 6.10 Å². The van der Waals surface area contributed by atoms with Crippen LogP contribution in [0.3, 0.4) is 0 Å². The number of hydrogen-bond donors (Lipinski definition) is 1. The highest BCUT2D eigenvalue weighted by Crippen LogP contribution is 2.21. The zero-order valence-electron chi connectivity index (χ0n) is 16.5. The van der Waals surface area contributed by atoms with Gasteiger partial charge in [-0.25, -0.2) is 0 Å². The van der Waals surface area contributed by atoms with E-state index in [4.69, 9.17) is 4.74 Å². The van der Waals surface area contributed by atoms with Gasteiger partial charge in [0.25, 0.3) is 5.91 Å². The first-order valence-corrected chi connectivity index (χ1v) is 9.37. The number of nitrogens with one attached hydrogen (secondary N) is 1. The molecule has 4 nitrogen and oxygen atoms in total. The van der Waals surface area contributed by atoms with Crippen LogP contribution in [0.15, 0.2) is 48.5 Å². The molecule has 0 saturated carbocycles. The van der Waals surface area contributed by atoms with Gasteiger partial charge in [-0.3, -0.25) is 4.79 Å². The molecule has 0 unspecified atom stereocenters. The SMILES string of the molecule is CCN(CC)c1ccc(NC(=O)[C@@H](C)Oc2ccc(C(C)C)cc2)cc1. The third kappa shape index (κ3) is 5.25. The standard InChI is InChI=1S/C22H30N2O2/c1-6-24(7-2)20-12-10-19(11-13-20)23-22(25)17(5)26-21-14-8-18(9-15-21)16(3)4/h8-17H,6-7H2,1-5H3,(H,23,25)/t17-/m1/s1. The Labute approximate surface area is 157 Å². The van der Waals surface area contributed by atoms with Crippen LogP contribution in [0.2, 0.25) is 0 Å². The third-order valence-electron chi connectivity index (χ3n) is 4.49. The van der Waals surface area contributed by atoms with Crippen LogP contribution in [0.4, 0.5) is 11.4 Å². The van der Waals surface area contributed by atoms with Gasteiger partial charge in [0.2, 0.25) is 0 Å². The average molecular weight is 354 g/mol. The molecule has 1 atom stereocenters. The van der Waals surface area contributed by atoms with Crippen LogP contribution < -0.4 is 15.0 Å². The van der Waals surface area contributed by atoms with Crippen molar-refractivity contribution in [3.05, 3.63) is 54.1 Å². The summed E-state index contributed by atoms with van der Waals surface area (Å²) >= 11 is 0. The van der Waals surface area contributed by atoms with Crippen molar-refractivity contribution in [2.24, 2.45) is 0 Å². The summed E-state index contributed by atoms with van der Waals surface area (Å²) in [5.74, 6) is 1.02. The molecule has 0 aliphatic rings. The maximum absolute atomic E-state index is 12.4. The summed E-state index contributed by atoms with van der Waals surface area (Å²) in [4.78, 5) is 14.6. The number of benzene rings is 2. The molecule has 0 spiro atoms. The predicted molar refractivity (Wildman–Crippen MR) is 109 cm³/mol. The summed E-state index contributed by atoms with van der Waals surface area (Å²) < 4.78 is 5.76. The van der Waals surface area contributed by atoms with Crippen molar-refractivity contribution in [3.63, 3.8) is 0 Å². The Morgan fingerprint density at radius 2 is 1.54 bits per heavy atom. The van der Waals surface area contributed by atoms with Crippen molar-refractivity contribution >= 4 is 17.3 Å². The van der Waals surface area contributed by atoms with Crippen molar-refractivity contribution in [3.8, 4) is 5.75 Å².